The number of carbonyl (C=O) groups is 1. The molecule has 0 radical (unpaired) electrons. The molecule has 1 aromatic heterocycles. The molecule has 0 amide bonds. The predicted molar refractivity (Wildman–Crippen MR) is 74.7 cm³/mol. The lowest BCUT2D eigenvalue weighted by atomic mass is 10.3. The fraction of sp³-hybridized carbons (Fsp3) is 0.0833. The Morgan fingerprint density at radius 3 is 2.56 bits per heavy atom. The molecule has 0 fully saturated rings. The van der Waals surface area contributed by atoms with E-state index in [4.69, 9.17) is 9.84 Å². The number of carboxylic acid groups (broad SMARTS) is 1. The summed E-state index contributed by atoms with van der Waals surface area (Å²) in [6.45, 7) is 0. The van der Waals surface area contributed by atoms with Crippen LogP contribution in [0.25, 0.3) is 5.69 Å². The SMILES string of the molecule is COc1cc(Br)cc(-n2cc(Br)cc2C(=O)O)c1. The molecule has 0 saturated carbocycles. The first-order chi connectivity index (χ1) is 8.51. The van der Waals surface area contributed by atoms with E-state index in [1.54, 1.807) is 30.0 Å². The molecule has 1 heterocycles. The number of carboxylic acids is 1. The van der Waals surface area contributed by atoms with E-state index in [0.717, 1.165) is 4.47 Å². The Hall–Kier alpha value is -1.27. The first kappa shape index (κ1) is 13.2. The number of aromatic nitrogens is 1. The van der Waals surface area contributed by atoms with Crippen LogP contribution in [0.5, 0.6) is 5.75 Å². The molecule has 18 heavy (non-hydrogen) atoms. The monoisotopic (exact) mass is 373 g/mol. The summed E-state index contributed by atoms with van der Waals surface area (Å²) < 4.78 is 8.27. The van der Waals surface area contributed by atoms with Gasteiger partial charge in [0.15, 0.2) is 0 Å². The summed E-state index contributed by atoms with van der Waals surface area (Å²) in [7, 11) is 1.56. The molecule has 0 atom stereocenters. The number of nitrogens with zero attached hydrogens (tertiary/aromatic N) is 1. The number of aromatic carboxylic acids is 1. The smallest absolute Gasteiger partial charge is 0.352 e. The summed E-state index contributed by atoms with van der Waals surface area (Å²) in [5, 5.41) is 9.15. The van der Waals surface area contributed by atoms with Crippen LogP contribution in [-0.4, -0.2) is 22.8 Å². The van der Waals surface area contributed by atoms with Gasteiger partial charge < -0.3 is 14.4 Å². The molecule has 1 N–H and O–H groups in total. The van der Waals surface area contributed by atoms with Gasteiger partial charge in [-0.1, -0.05) is 15.9 Å². The highest BCUT2D eigenvalue weighted by Gasteiger charge is 2.13. The lowest BCUT2D eigenvalue weighted by molar-refractivity contribution is 0.0688. The van der Waals surface area contributed by atoms with Gasteiger partial charge in [-0.15, -0.1) is 0 Å². The van der Waals surface area contributed by atoms with Gasteiger partial charge in [-0.25, -0.2) is 4.79 Å². The Morgan fingerprint density at radius 2 is 1.94 bits per heavy atom. The van der Waals surface area contributed by atoms with Crippen molar-refractivity contribution in [3.05, 3.63) is 45.1 Å². The number of ether oxygens (including phenoxy) is 1. The largest absolute Gasteiger partial charge is 0.497 e. The van der Waals surface area contributed by atoms with E-state index >= 15 is 0 Å². The number of hydrogen-bond acceptors (Lipinski definition) is 2. The average Bonchev–Trinajstić information content (AvgIpc) is 2.70. The first-order valence-electron chi connectivity index (χ1n) is 4.97. The molecule has 6 heteroatoms. The van der Waals surface area contributed by atoms with Crippen LogP contribution in [0.4, 0.5) is 0 Å². The van der Waals surface area contributed by atoms with Crippen molar-refractivity contribution in [2.45, 2.75) is 0 Å². The highest BCUT2D eigenvalue weighted by Crippen LogP contribution is 2.26. The van der Waals surface area contributed by atoms with Crippen molar-refractivity contribution >= 4 is 37.8 Å². The second-order valence-electron chi connectivity index (χ2n) is 3.57. The van der Waals surface area contributed by atoms with Crippen molar-refractivity contribution in [3.8, 4) is 11.4 Å². The maximum absolute atomic E-state index is 11.2. The van der Waals surface area contributed by atoms with E-state index in [9.17, 15) is 4.79 Å². The van der Waals surface area contributed by atoms with Crippen LogP contribution in [0.2, 0.25) is 0 Å². The van der Waals surface area contributed by atoms with Gasteiger partial charge in [0.05, 0.1) is 12.8 Å². The van der Waals surface area contributed by atoms with Crippen LogP contribution < -0.4 is 4.74 Å². The molecular weight excluding hydrogens is 366 g/mol. The van der Waals surface area contributed by atoms with Crippen LogP contribution in [0.1, 0.15) is 10.5 Å². The van der Waals surface area contributed by atoms with Crippen molar-refractivity contribution in [2.24, 2.45) is 0 Å². The van der Waals surface area contributed by atoms with Gasteiger partial charge in [0.1, 0.15) is 11.4 Å². The molecule has 1 aromatic carbocycles. The van der Waals surface area contributed by atoms with Gasteiger partial charge in [0.2, 0.25) is 0 Å². The molecule has 0 aliphatic rings. The van der Waals surface area contributed by atoms with Gasteiger partial charge in [-0.05, 0) is 34.1 Å². The minimum atomic E-state index is -0.986. The van der Waals surface area contributed by atoms with Crippen molar-refractivity contribution in [3.63, 3.8) is 0 Å². The molecule has 0 aliphatic carbocycles. The number of benzene rings is 1. The van der Waals surface area contributed by atoms with Gasteiger partial charge in [0, 0.05) is 21.2 Å². The number of methoxy groups -OCH3 is 1. The molecule has 0 aliphatic heterocycles. The van der Waals surface area contributed by atoms with Crippen LogP contribution in [0.15, 0.2) is 39.4 Å². The number of rotatable bonds is 3. The standard InChI is InChI=1S/C12H9Br2NO3/c1-18-10-3-7(13)2-9(5-10)15-6-8(14)4-11(15)12(16)17/h2-6H,1H3,(H,16,17). The quantitative estimate of drug-likeness (QED) is 0.890. The predicted octanol–water partition coefficient (Wildman–Crippen LogP) is 3.71. The Kier molecular flexibility index (Phi) is 3.77. The van der Waals surface area contributed by atoms with Crippen LogP contribution >= 0.6 is 31.9 Å². The third-order valence-corrected chi connectivity index (χ3v) is 3.27. The second kappa shape index (κ2) is 5.16. The van der Waals surface area contributed by atoms with Crippen molar-refractivity contribution in [2.75, 3.05) is 7.11 Å². The topological polar surface area (TPSA) is 51.5 Å². The van der Waals surface area contributed by atoms with Gasteiger partial charge in [-0.2, -0.15) is 0 Å². The maximum Gasteiger partial charge on any atom is 0.352 e. The van der Waals surface area contributed by atoms with Gasteiger partial charge in [0.25, 0.3) is 0 Å². The van der Waals surface area contributed by atoms with Crippen LogP contribution in [-0.2, 0) is 0 Å². The van der Waals surface area contributed by atoms with E-state index in [-0.39, 0.29) is 5.69 Å². The van der Waals surface area contributed by atoms with Crippen LogP contribution in [0, 0.1) is 0 Å². The molecule has 2 rings (SSSR count). The van der Waals surface area contributed by atoms with E-state index in [0.29, 0.717) is 15.9 Å². The third-order valence-electron chi connectivity index (χ3n) is 2.38. The first-order valence-corrected chi connectivity index (χ1v) is 6.56. The van der Waals surface area contributed by atoms with Crippen molar-refractivity contribution < 1.29 is 14.6 Å². The van der Waals surface area contributed by atoms with Crippen LogP contribution in [0.3, 0.4) is 0 Å². The molecule has 94 valence electrons. The second-order valence-corrected chi connectivity index (χ2v) is 5.40. The summed E-state index contributed by atoms with van der Waals surface area (Å²) in [5.41, 5.74) is 0.895. The fourth-order valence-electron chi connectivity index (χ4n) is 1.61. The van der Waals surface area contributed by atoms with Gasteiger partial charge >= 0.3 is 5.97 Å². The number of hydrogen-bond donors (Lipinski definition) is 1. The lowest BCUT2D eigenvalue weighted by Gasteiger charge is -2.09. The normalized spacial score (nSPS) is 10.4. The van der Waals surface area contributed by atoms with E-state index in [1.807, 2.05) is 12.1 Å². The minimum absolute atomic E-state index is 0.182. The molecule has 4 nitrogen and oxygen atoms in total. The fourth-order valence-corrected chi connectivity index (χ4v) is 2.50. The molecule has 0 saturated heterocycles. The molecule has 2 aromatic rings. The minimum Gasteiger partial charge on any atom is -0.497 e. The Balaban J connectivity index is 2.61. The summed E-state index contributed by atoms with van der Waals surface area (Å²) in [5.74, 6) is -0.333. The molecule has 0 spiro atoms. The number of halogens is 2. The van der Waals surface area contributed by atoms with Crippen molar-refractivity contribution in [1.29, 1.82) is 0 Å². The average molecular weight is 375 g/mol. The summed E-state index contributed by atoms with van der Waals surface area (Å²) >= 11 is 6.64. The van der Waals surface area contributed by atoms with E-state index < -0.39 is 5.97 Å². The van der Waals surface area contributed by atoms with E-state index in [1.165, 1.54) is 0 Å². The summed E-state index contributed by atoms with van der Waals surface area (Å²) in [6.07, 6.45) is 1.70. The third kappa shape index (κ3) is 2.59. The highest BCUT2D eigenvalue weighted by molar-refractivity contribution is 9.10. The van der Waals surface area contributed by atoms with Crippen molar-refractivity contribution in [1.82, 2.24) is 4.57 Å². The Morgan fingerprint density at radius 1 is 1.22 bits per heavy atom. The Labute approximate surface area is 120 Å². The lowest BCUT2D eigenvalue weighted by Crippen LogP contribution is -2.05. The summed E-state index contributed by atoms with van der Waals surface area (Å²) in [6, 6.07) is 6.95. The zero-order valence-corrected chi connectivity index (χ0v) is 12.5. The maximum atomic E-state index is 11.2. The Bertz CT molecular complexity index is 607. The summed E-state index contributed by atoms with van der Waals surface area (Å²) in [4.78, 5) is 11.2. The highest BCUT2D eigenvalue weighted by atomic mass is 79.9. The zero-order valence-electron chi connectivity index (χ0n) is 9.35. The molecule has 0 unspecified atom stereocenters. The molecular formula is C12H9Br2NO3. The van der Waals surface area contributed by atoms with E-state index in [2.05, 4.69) is 31.9 Å². The van der Waals surface area contributed by atoms with Gasteiger partial charge in [-0.3, -0.25) is 0 Å². The zero-order chi connectivity index (χ0) is 13.3. The molecule has 0 bridgehead atoms.